The minimum absolute atomic E-state index is 0.237. The van der Waals surface area contributed by atoms with Crippen LogP contribution in [-0.4, -0.2) is 29.1 Å². The first kappa shape index (κ1) is 12.6. The number of ether oxygens (including phenoxy) is 1. The van der Waals surface area contributed by atoms with Crippen molar-refractivity contribution >= 4 is 28.8 Å². The third-order valence-corrected chi connectivity index (χ3v) is 4.84. The summed E-state index contributed by atoms with van der Waals surface area (Å²) in [4.78, 5) is 20.3. The van der Waals surface area contributed by atoms with Crippen LogP contribution in [0.4, 0.5) is 4.79 Å². The summed E-state index contributed by atoms with van der Waals surface area (Å²) in [6.45, 7) is 5.91. The monoisotopic (exact) mass is 294 g/mol. The number of aryl methyl sites for hydroxylation is 2. The molecule has 1 aliphatic rings. The van der Waals surface area contributed by atoms with Gasteiger partial charge in [-0.05, 0) is 19.9 Å². The molecule has 19 heavy (non-hydrogen) atoms. The van der Waals surface area contributed by atoms with Crippen LogP contribution in [0.3, 0.4) is 0 Å². The summed E-state index contributed by atoms with van der Waals surface area (Å²) in [5, 5.41) is 3.02. The van der Waals surface area contributed by atoms with Crippen LogP contribution in [0.1, 0.15) is 14.8 Å². The second-order valence-corrected chi connectivity index (χ2v) is 6.89. The van der Waals surface area contributed by atoms with Gasteiger partial charge in [0.05, 0.1) is 18.8 Å². The molecule has 1 amide bonds. The van der Waals surface area contributed by atoms with Crippen molar-refractivity contribution in [3.05, 3.63) is 26.2 Å². The fourth-order valence-electron chi connectivity index (χ4n) is 2.12. The molecule has 100 valence electrons. The van der Waals surface area contributed by atoms with E-state index in [2.05, 4.69) is 30.3 Å². The summed E-state index contributed by atoms with van der Waals surface area (Å²) in [6.07, 6.45) is -0.237. The molecule has 1 saturated heterocycles. The van der Waals surface area contributed by atoms with Crippen LogP contribution < -0.4 is 0 Å². The minimum atomic E-state index is -0.237. The van der Waals surface area contributed by atoms with Crippen LogP contribution in [0.5, 0.6) is 0 Å². The molecular formula is C13H14N2O2S2. The summed E-state index contributed by atoms with van der Waals surface area (Å²) in [5.41, 5.74) is 2.21. The average molecular weight is 294 g/mol. The van der Waals surface area contributed by atoms with Crippen LogP contribution in [0.25, 0.3) is 11.3 Å². The van der Waals surface area contributed by atoms with Gasteiger partial charge in [-0.15, -0.1) is 22.7 Å². The largest absolute Gasteiger partial charge is 0.448 e. The topological polar surface area (TPSA) is 42.4 Å². The van der Waals surface area contributed by atoms with Crippen LogP contribution in [0.2, 0.25) is 0 Å². The zero-order chi connectivity index (χ0) is 13.4. The fraction of sp³-hybridized carbons (Fsp3) is 0.385. The minimum Gasteiger partial charge on any atom is -0.448 e. The standard InChI is InChI=1S/C13H14N2O2S2/c1-8-5-10(9(2)19-8)11-7-18-12(14-11)6-15-3-4-17-13(15)16/h5,7H,3-4,6H2,1-2H3. The van der Waals surface area contributed by atoms with Gasteiger partial charge in [-0.2, -0.15) is 0 Å². The Hall–Kier alpha value is -1.40. The van der Waals surface area contributed by atoms with Crippen molar-refractivity contribution in [1.82, 2.24) is 9.88 Å². The predicted octanol–water partition coefficient (Wildman–Crippen LogP) is 3.44. The van der Waals surface area contributed by atoms with Crippen LogP contribution in [0.15, 0.2) is 11.4 Å². The first-order valence-corrected chi connectivity index (χ1v) is 7.76. The normalized spacial score (nSPS) is 15.1. The first-order valence-electron chi connectivity index (χ1n) is 6.07. The molecule has 1 fully saturated rings. The number of thiazole rings is 1. The van der Waals surface area contributed by atoms with E-state index in [1.165, 1.54) is 15.3 Å². The second-order valence-electron chi connectivity index (χ2n) is 4.49. The molecule has 3 rings (SSSR count). The van der Waals surface area contributed by atoms with Gasteiger partial charge >= 0.3 is 6.09 Å². The van der Waals surface area contributed by atoms with Crippen LogP contribution in [-0.2, 0) is 11.3 Å². The summed E-state index contributed by atoms with van der Waals surface area (Å²) >= 11 is 3.38. The Morgan fingerprint density at radius 1 is 1.47 bits per heavy atom. The number of thiophene rings is 1. The predicted molar refractivity (Wildman–Crippen MR) is 76.7 cm³/mol. The average Bonchev–Trinajstić information content (AvgIpc) is 3.03. The maximum absolute atomic E-state index is 11.4. The number of carbonyl (C=O) groups is 1. The van der Waals surface area contributed by atoms with Crippen molar-refractivity contribution in [2.45, 2.75) is 20.4 Å². The van der Waals surface area contributed by atoms with Gasteiger partial charge in [-0.3, -0.25) is 4.90 Å². The van der Waals surface area contributed by atoms with Crippen molar-refractivity contribution in [2.24, 2.45) is 0 Å². The Morgan fingerprint density at radius 3 is 2.95 bits per heavy atom. The molecule has 3 heterocycles. The molecule has 0 bridgehead atoms. The second kappa shape index (κ2) is 4.94. The van der Waals surface area contributed by atoms with E-state index < -0.39 is 0 Å². The van der Waals surface area contributed by atoms with Crippen molar-refractivity contribution in [3.8, 4) is 11.3 Å². The third kappa shape index (κ3) is 2.50. The molecule has 4 nitrogen and oxygen atoms in total. The molecule has 0 unspecified atom stereocenters. The maximum Gasteiger partial charge on any atom is 0.410 e. The lowest BCUT2D eigenvalue weighted by atomic mass is 10.2. The maximum atomic E-state index is 11.4. The van der Waals surface area contributed by atoms with E-state index in [-0.39, 0.29) is 6.09 Å². The van der Waals surface area contributed by atoms with E-state index in [0.29, 0.717) is 19.7 Å². The highest BCUT2D eigenvalue weighted by atomic mass is 32.1. The molecule has 2 aromatic rings. The third-order valence-electron chi connectivity index (χ3n) is 3.04. The summed E-state index contributed by atoms with van der Waals surface area (Å²) in [6, 6.07) is 2.17. The summed E-state index contributed by atoms with van der Waals surface area (Å²) in [5.74, 6) is 0. The molecule has 0 N–H and O–H groups in total. The molecule has 0 radical (unpaired) electrons. The Labute approximate surface area is 119 Å². The molecule has 2 aromatic heterocycles. The molecule has 0 aliphatic carbocycles. The molecule has 0 aromatic carbocycles. The van der Waals surface area contributed by atoms with Crippen LogP contribution >= 0.6 is 22.7 Å². The molecular weight excluding hydrogens is 280 g/mol. The van der Waals surface area contributed by atoms with E-state index in [1.54, 1.807) is 27.6 Å². The van der Waals surface area contributed by atoms with Crippen molar-refractivity contribution in [2.75, 3.05) is 13.2 Å². The number of cyclic esters (lactones) is 1. The van der Waals surface area contributed by atoms with E-state index in [4.69, 9.17) is 4.74 Å². The molecule has 0 spiro atoms. The lowest BCUT2D eigenvalue weighted by molar-refractivity contribution is 0.157. The van der Waals surface area contributed by atoms with Gasteiger partial charge in [0, 0.05) is 20.7 Å². The van der Waals surface area contributed by atoms with Crippen LogP contribution in [0, 0.1) is 13.8 Å². The number of hydrogen-bond acceptors (Lipinski definition) is 5. The summed E-state index contributed by atoms with van der Waals surface area (Å²) < 4.78 is 4.92. The molecule has 1 aliphatic heterocycles. The molecule has 0 saturated carbocycles. The SMILES string of the molecule is Cc1cc(-c2csc(CN3CCOC3=O)n2)c(C)s1. The Kier molecular flexibility index (Phi) is 3.28. The lowest BCUT2D eigenvalue weighted by Crippen LogP contribution is -2.23. The van der Waals surface area contributed by atoms with E-state index in [9.17, 15) is 4.79 Å². The van der Waals surface area contributed by atoms with Crippen molar-refractivity contribution in [3.63, 3.8) is 0 Å². The Morgan fingerprint density at radius 2 is 2.32 bits per heavy atom. The number of amides is 1. The van der Waals surface area contributed by atoms with Crippen molar-refractivity contribution < 1.29 is 9.53 Å². The van der Waals surface area contributed by atoms with Gasteiger partial charge in [-0.25, -0.2) is 9.78 Å². The first-order chi connectivity index (χ1) is 9.13. The molecule has 0 atom stereocenters. The van der Waals surface area contributed by atoms with Gasteiger partial charge in [0.25, 0.3) is 0 Å². The number of nitrogens with zero attached hydrogens (tertiary/aromatic N) is 2. The molecule has 6 heteroatoms. The van der Waals surface area contributed by atoms with E-state index in [1.807, 2.05) is 0 Å². The van der Waals surface area contributed by atoms with Gasteiger partial charge < -0.3 is 4.74 Å². The highest BCUT2D eigenvalue weighted by Crippen LogP contribution is 2.31. The Bertz CT molecular complexity index is 618. The van der Waals surface area contributed by atoms with E-state index >= 15 is 0 Å². The zero-order valence-electron chi connectivity index (χ0n) is 10.8. The Balaban J connectivity index is 1.79. The van der Waals surface area contributed by atoms with Gasteiger partial charge in [-0.1, -0.05) is 0 Å². The van der Waals surface area contributed by atoms with Gasteiger partial charge in [0.15, 0.2) is 0 Å². The van der Waals surface area contributed by atoms with Gasteiger partial charge in [0.1, 0.15) is 11.6 Å². The number of rotatable bonds is 3. The lowest BCUT2D eigenvalue weighted by Gasteiger charge is -2.09. The zero-order valence-corrected chi connectivity index (χ0v) is 12.4. The van der Waals surface area contributed by atoms with Crippen molar-refractivity contribution in [1.29, 1.82) is 0 Å². The summed E-state index contributed by atoms with van der Waals surface area (Å²) in [7, 11) is 0. The number of carbonyl (C=O) groups excluding carboxylic acids is 1. The fourth-order valence-corrected chi connectivity index (χ4v) is 3.87. The van der Waals surface area contributed by atoms with E-state index in [0.717, 1.165) is 10.7 Å². The highest BCUT2D eigenvalue weighted by Gasteiger charge is 2.23. The number of aromatic nitrogens is 1. The number of hydrogen-bond donors (Lipinski definition) is 0. The highest BCUT2D eigenvalue weighted by molar-refractivity contribution is 7.12. The smallest absolute Gasteiger partial charge is 0.410 e. The quantitative estimate of drug-likeness (QED) is 0.871. The van der Waals surface area contributed by atoms with Gasteiger partial charge in [0.2, 0.25) is 0 Å².